The minimum atomic E-state index is -1.57. The van der Waals surface area contributed by atoms with Gasteiger partial charge in [-0.15, -0.1) is 0 Å². The number of pyridine rings is 1. The van der Waals surface area contributed by atoms with Gasteiger partial charge >= 0.3 is 7.12 Å². The van der Waals surface area contributed by atoms with Crippen molar-refractivity contribution in [1.82, 2.24) is 4.98 Å². The van der Waals surface area contributed by atoms with E-state index in [9.17, 15) is 0 Å². The number of aryl methyl sites for hydroxylation is 1. The Kier molecular flexibility index (Phi) is 2.12. The Hall–Kier alpha value is -1.07. The highest BCUT2D eigenvalue weighted by atomic mass is 16.4. The van der Waals surface area contributed by atoms with E-state index in [0.717, 1.165) is 0 Å². The number of hydrogen-bond acceptors (Lipinski definition) is 4. The zero-order valence-electron chi connectivity index (χ0n) is 6.02. The number of hydrogen-bond donors (Lipinski definition) is 3. The predicted octanol–water partition coefficient (Wildman–Crippen LogP) is -1.22. The second-order valence-corrected chi connectivity index (χ2v) is 2.24. The Morgan fingerprint density at radius 2 is 2.09 bits per heavy atom. The first-order valence-corrected chi connectivity index (χ1v) is 3.13. The summed E-state index contributed by atoms with van der Waals surface area (Å²) in [6.45, 7) is 1.63. The fourth-order valence-corrected chi connectivity index (χ4v) is 0.800. The molecule has 3 N–H and O–H groups in total. The van der Waals surface area contributed by atoms with Gasteiger partial charge in [-0.1, -0.05) is 0 Å². The molecule has 0 radical (unpaired) electrons. The zero-order chi connectivity index (χ0) is 8.43. The average Bonchev–Trinajstić information content (AvgIpc) is 1.94. The van der Waals surface area contributed by atoms with E-state index < -0.39 is 7.12 Å². The summed E-state index contributed by atoms with van der Waals surface area (Å²) in [5, 5.41) is 26.4. The molecule has 0 aromatic carbocycles. The van der Waals surface area contributed by atoms with Crippen molar-refractivity contribution in [3.8, 4) is 5.75 Å². The molecule has 0 aliphatic heterocycles. The monoisotopic (exact) mass is 153 g/mol. The molecule has 11 heavy (non-hydrogen) atoms. The molecule has 1 heterocycles. The topological polar surface area (TPSA) is 73.6 Å². The third-order valence-corrected chi connectivity index (χ3v) is 1.39. The molecule has 0 spiro atoms. The number of nitrogens with zero attached hydrogens (tertiary/aromatic N) is 1. The van der Waals surface area contributed by atoms with Crippen LogP contribution < -0.4 is 5.46 Å². The van der Waals surface area contributed by atoms with Crippen LogP contribution in [0.25, 0.3) is 0 Å². The SMILES string of the molecule is Cc1ncc(O)cc1B(O)O. The maximum absolute atomic E-state index is 8.90. The van der Waals surface area contributed by atoms with Crippen molar-refractivity contribution in [3.63, 3.8) is 0 Å². The van der Waals surface area contributed by atoms with Crippen molar-refractivity contribution in [3.05, 3.63) is 18.0 Å². The van der Waals surface area contributed by atoms with E-state index in [1.807, 2.05) is 0 Å². The number of aromatic hydroxyl groups is 1. The number of rotatable bonds is 1. The summed E-state index contributed by atoms with van der Waals surface area (Å²) in [7, 11) is -1.57. The molecule has 1 rings (SSSR count). The molecular weight excluding hydrogens is 145 g/mol. The van der Waals surface area contributed by atoms with Crippen LogP contribution >= 0.6 is 0 Å². The molecule has 0 aliphatic carbocycles. The van der Waals surface area contributed by atoms with Crippen LogP contribution in [-0.4, -0.2) is 27.3 Å². The summed E-state index contributed by atoms with van der Waals surface area (Å²) in [4.78, 5) is 3.73. The first-order chi connectivity index (χ1) is 5.11. The molecule has 0 unspecified atom stereocenters. The standard InChI is InChI=1S/C6H8BNO3/c1-4-6(7(10)11)2-5(9)3-8-4/h2-3,9-11H,1H3. The fraction of sp³-hybridized carbons (Fsp3) is 0.167. The van der Waals surface area contributed by atoms with Crippen LogP contribution in [0.15, 0.2) is 12.3 Å². The number of aromatic nitrogens is 1. The minimum Gasteiger partial charge on any atom is -0.506 e. The van der Waals surface area contributed by atoms with Crippen molar-refractivity contribution >= 4 is 12.6 Å². The largest absolute Gasteiger partial charge is 0.506 e. The van der Waals surface area contributed by atoms with Gasteiger partial charge in [0.15, 0.2) is 0 Å². The lowest BCUT2D eigenvalue weighted by molar-refractivity contribution is 0.424. The third kappa shape index (κ3) is 1.69. The fourth-order valence-electron chi connectivity index (χ4n) is 0.800. The molecule has 4 nitrogen and oxygen atoms in total. The molecule has 0 atom stereocenters. The third-order valence-electron chi connectivity index (χ3n) is 1.39. The van der Waals surface area contributed by atoms with Gasteiger partial charge in [-0.05, 0) is 13.0 Å². The van der Waals surface area contributed by atoms with Gasteiger partial charge < -0.3 is 15.2 Å². The predicted molar refractivity (Wildman–Crippen MR) is 40.5 cm³/mol. The van der Waals surface area contributed by atoms with Crippen LogP contribution in [0, 0.1) is 6.92 Å². The highest BCUT2D eigenvalue weighted by Gasteiger charge is 2.14. The van der Waals surface area contributed by atoms with Crippen molar-refractivity contribution in [2.45, 2.75) is 6.92 Å². The summed E-state index contributed by atoms with van der Waals surface area (Å²) in [5.74, 6) is -0.0706. The zero-order valence-corrected chi connectivity index (χ0v) is 6.02. The Balaban J connectivity index is 3.13. The highest BCUT2D eigenvalue weighted by molar-refractivity contribution is 6.59. The van der Waals surface area contributed by atoms with Gasteiger partial charge in [0, 0.05) is 11.2 Å². The first kappa shape index (κ1) is 8.04. The van der Waals surface area contributed by atoms with E-state index in [-0.39, 0.29) is 11.2 Å². The molecule has 0 bridgehead atoms. The molecule has 0 amide bonds. The van der Waals surface area contributed by atoms with Crippen LogP contribution in [0.5, 0.6) is 5.75 Å². The molecule has 58 valence electrons. The average molecular weight is 153 g/mol. The summed E-state index contributed by atoms with van der Waals surface area (Å²) in [6.07, 6.45) is 1.25. The van der Waals surface area contributed by atoms with E-state index in [0.29, 0.717) is 5.69 Å². The van der Waals surface area contributed by atoms with Gasteiger partial charge in [-0.2, -0.15) is 0 Å². The highest BCUT2D eigenvalue weighted by Crippen LogP contribution is 2.03. The summed E-state index contributed by atoms with van der Waals surface area (Å²) >= 11 is 0. The lowest BCUT2D eigenvalue weighted by atomic mass is 9.79. The van der Waals surface area contributed by atoms with Crippen LogP contribution in [0.1, 0.15) is 5.69 Å². The Labute approximate surface area is 64.3 Å². The molecule has 1 aromatic rings. The Bertz CT molecular complexity index is 264. The van der Waals surface area contributed by atoms with Crippen LogP contribution in [0.2, 0.25) is 0 Å². The maximum atomic E-state index is 8.90. The van der Waals surface area contributed by atoms with Crippen molar-refractivity contribution in [1.29, 1.82) is 0 Å². The second-order valence-electron chi connectivity index (χ2n) is 2.24. The van der Waals surface area contributed by atoms with Crippen molar-refractivity contribution < 1.29 is 15.2 Å². The Morgan fingerprint density at radius 3 is 2.55 bits per heavy atom. The molecule has 0 aliphatic rings. The van der Waals surface area contributed by atoms with E-state index in [1.165, 1.54) is 12.3 Å². The van der Waals surface area contributed by atoms with E-state index in [4.69, 9.17) is 15.2 Å². The minimum absolute atomic E-state index is 0.0706. The lowest BCUT2D eigenvalue weighted by Crippen LogP contribution is -2.32. The lowest BCUT2D eigenvalue weighted by Gasteiger charge is -2.02. The molecule has 5 heteroatoms. The summed E-state index contributed by atoms with van der Waals surface area (Å²) in [5.41, 5.74) is 0.725. The van der Waals surface area contributed by atoms with Gasteiger partial charge in [0.05, 0.1) is 6.20 Å². The molecule has 0 saturated heterocycles. The smallest absolute Gasteiger partial charge is 0.490 e. The normalized spacial score (nSPS) is 9.73. The van der Waals surface area contributed by atoms with Gasteiger partial charge in [0.2, 0.25) is 0 Å². The van der Waals surface area contributed by atoms with Gasteiger partial charge in [-0.3, -0.25) is 4.98 Å². The summed E-state index contributed by atoms with van der Waals surface area (Å²) in [6, 6.07) is 1.27. The molecule has 0 saturated carbocycles. The summed E-state index contributed by atoms with van der Waals surface area (Å²) < 4.78 is 0. The van der Waals surface area contributed by atoms with E-state index in [2.05, 4.69) is 4.98 Å². The van der Waals surface area contributed by atoms with Gasteiger partial charge in [0.1, 0.15) is 5.75 Å². The van der Waals surface area contributed by atoms with Gasteiger partial charge in [-0.25, -0.2) is 0 Å². The van der Waals surface area contributed by atoms with E-state index in [1.54, 1.807) is 6.92 Å². The van der Waals surface area contributed by atoms with E-state index >= 15 is 0 Å². The van der Waals surface area contributed by atoms with Crippen molar-refractivity contribution in [2.75, 3.05) is 0 Å². The van der Waals surface area contributed by atoms with Crippen LogP contribution in [-0.2, 0) is 0 Å². The molecular formula is C6H8BNO3. The second kappa shape index (κ2) is 2.90. The molecule has 0 fully saturated rings. The van der Waals surface area contributed by atoms with Crippen molar-refractivity contribution in [2.24, 2.45) is 0 Å². The Morgan fingerprint density at radius 1 is 1.45 bits per heavy atom. The first-order valence-electron chi connectivity index (χ1n) is 3.13. The quantitative estimate of drug-likeness (QED) is 0.442. The maximum Gasteiger partial charge on any atom is 0.490 e. The molecule has 1 aromatic heterocycles. The van der Waals surface area contributed by atoms with Gasteiger partial charge in [0.25, 0.3) is 0 Å². The van der Waals surface area contributed by atoms with Crippen LogP contribution in [0.4, 0.5) is 0 Å². The van der Waals surface area contributed by atoms with Crippen LogP contribution in [0.3, 0.4) is 0 Å².